The van der Waals surface area contributed by atoms with E-state index in [1.165, 1.54) is 12.8 Å². The molecule has 0 saturated heterocycles. The second-order valence-electron chi connectivity index (χ2n) is 6.11. The monoisotopic (exact) mass is 323 g/mol. The van der Waals surface area contributed by atoms with Gasteiger partial charge in [-0.2, -0.15) is 4.52 Å². The summed E-state index contributed by atoms with van der Waals surface area (Å²) in [6.45, 7) is 3.67. The molecule has 0 spiro atoms. The maximum Gasteiger partial charge on any atom is 0.201 e. The molecular weight excluding hydrogens is 302 g/mol. The van der Waals surface area contributed by atoms with Crippen LogP contribution in [-0.2, 0) is 6.54 Å². The van der Waals surface area contributed by atoms with E-state index >= 15 is 0 Å². The zero-order valence-electron chi connectivity index (χ0n) is 13.7. The van der Waals surface area contributed by atoms with Crippen LogP contribution in [0.15, 0.2) is 30.5 Å². The highest BCUT2D eigenvalue weighted by Gasteiger charge is 2.30. The number of hydrogen-bond donors (Lipinski definition) is 2. The SMILES string of the molecule is CCCNc1cc(NCc2ccccn2)c2nnc(C3CC3)n2n1. The summed E-state index contributed by atoms with van der Waals surface area (Å²) in [4.78, 5) is 4.35. The fraction of sp³-hybridized carbons (Fsp3) is 0.412. The van der Waals surface area contributed by atoms with E-state index in [9.17, 15) is 0 Å². The lowest BCUT2D eigenvalue weighted by Gasteiger charge is -2.11. The first-order valence-electron chi connectivity index (χ1n) is 8.49. The standard InChI is InChI=1S/C17H21N7/c1-2-8-19-15-10-14(20-11-13-5-3-4-9-18-13)17-22-21-16(12-6-7-12)24(17)23-15/h3-5,9-10,12,20H,2,6-8,11H2,1H3,(H,19,23). The van der Waals surface area contributed by atoms with Crippen LogP contribution in [0.5, 0.6) is 0 Å². The van der Waals surface area contributed by atoms with Gasteiger partial charge in [0.2, 0.25) is 5.65 Å². The van der Waals surface area contributed by atoms with Crippen LogP contribution in [0, 0.1) is 0 Å². The van der Waals surface area contributed by atoms with Gasteiger partial charge in [-0.3, -0.25) is 4.98 Å². The molecule has 0 aromatic carbocycles. The van der Waals surface area contributed by atoms with Gasteiger partial charge in [0.25, 0.3) is 0 Å². The van der Waals surface area contributed by atoms with Crippen LogP contribution in [-0.4, -0.2) is 31.3 Å². The highest BCUT2D eigenvalue weighted by Crippen LogP contribution is 2.39. The predicted molar refractivity (Wildman–Crippen MR) is 93.1 cm³/mol. The molecular formula is C17H21N7. The summed E-state index contributed by atoms with van der Waals surface area (Å²) in [6.07, 6.45) is 5.20. The molecule has 1 fully saturated rings. The van der Waals surface area contributed by atoms with E-state index in [0.717, 1.165) is 41.6 Å². The molecule has 3 aromatic rings. The van der Waals surface area contributed by atoms with Crippen LogP contribution in [0.25, 0.3) is 5.65 Å². The Bertz CT molecular complexity index is 824. The third kappa shape index (κ3) is 3.02. The first-order valence-corrected chi connectivity index (χ1v) is 8.49. The summed E-state index contributed by atoms with van der Waals surface area (Å²) in [6, 6.07) is 7.91. The molecule has 124 valence electrons. The quantitative estimate of drug-likeness (QED) is 0.696. The van der Waals surface area contributed by atoms with Crippen LogP contribution >= 0.6 is 0 Å². The van der Waals surface area contributed by atoms with Crippen LogP contribution in [0.3, 0.4) is 0 Å². The van der Waals surface area contributed by atoms with E-state index in [2.05, 4.69) is 37.8 Å². The van der Waals surface area contributed by atoms with Crippen molar-refractivity contribution in [3.8, 4) is 0 Å². The minimum Gasteiger partial charge on any atom is -0.376 e. The molecule has 7 heteroatoms. The highest BCUT2D eigenvalue weighted by molar-refractivity contribution is 5.70. The summed E-state index contributed by atoms with van der Waals surface area (Å²) < 4.78 is 1.89. The zero-order chi connectivity index (χ0) is 16.4. The van der Waals surface area contributed by atoms with Crippen molar-refractivity contribution >= 4 is 17.2 Å². The summed E-state index contributed by atoms with van der Waals surface area (Å²) in [5.74, 6) is 2.30. The first-order chi connectivity index (χ1) is 11.8. The van der Waals surface area contributed by atoms with Gasteiger partial charge in [0.15, 0.2) is 5.82 Å². The topological polar surface area (TPSA) is 80.0 Å². The minimum atomic E-state index is 0.498. The van der Waals surface area contributed by atoms with Gasteiger partial charge in [-0.15, -0.1) is 15.3 Å². The summed E-state index contributed by atoms with van der Waals surface area (Å²) in [7, 11) is 0. The van der Waals surface area contributed by atoms with Crippen molar-refractivity contribution in [2.24, 2.45) is 0 Å². The lowest BCUT2D eigenvalue weighted by molar-refractivity contribution is 0.812. The second-order valence-corrected chi connectivity index (χ2v) is 6.11. The van der Waals surface area contributed by atoms with Gasteiger partial charge in [0.05, 0.1) is 17.9 Å². The molecule has 0 amide bonds. The molecule has 3 aromatic heterocycles. The number of aromatic nitrogens is 5. The number of pyridine rings is 1. The van der Waals surface area contributed by atoms with Gasteiger partial charge in [0.1, 0.15) is 5.82 Å². The fourth-order valence-electron chi connectivity index (χ4n) is 2.65. The number of nitrogens with zero attached hydrogens (tertiary/aromatic N) is 5. The molecule has 1 saturated carbocycles. The number of nitrogens with one attached hydrogen (secondary N) is 2. The molecule has 2 N–H and O–H groups in total. The Balaban J connectivity index is 1.66. The molecule has 0 bridgehead atoms. The predicted octanol–water partition coefficient (Wildman–Crippen LogP) is 2.83. The molecule has 1 aliphatic carbocycles. The van der Waals surface area contributed by atoms with E-state index in [4.69, 9.17) is 0 Å². The van der Waals surface area contributed by atoms with E-state index in [1.807, 2.05) is 28.8 Å². The Labute approximate surface area is 140 Å². The van der Waals surface area contributed by atoms with Gasteiger partial charge >= 0.3 is 0 Å². The van der Waals surface area contributed by atoms with Gasteiger partial charge in [-0.05, 0) is 31.4 Å². The summed E-state index contributed by atoms with van der Waals surface area (Å²) in [5.41, 5.74) is 2.68. The van der Waals surface area contributed by atoms with Crippen LogP contribution in [0.4, 0.5) is 11.5 Å². The molecule has 4 rings (SSSR count). The van der Waals surface area contributed by atoms with E-state index in [0.29, 0.717) is 12.5 Å². The summed E-state index contributed by atoms with van der Waals surface area (Å²) in [5, 5.41) is 20.2. The Morgan fingerprint density at radius 1 is 1.21 bits per heavy atom. The maximum absolute atomic E-state index is 4.67. The van der Waals surface area contributed by atoms with Crippen molar-refractivity contribution in [3.05, 3.63) is 42.0 Å². The van der Waals surface area contributed by atoms with Crippen molar-refractivity contribution < 1.29 is 0 Å². The number of fused-ring (bicyclic) bond motifs is 1. The number of anilines is 2. The van der Waals surface area contributed by atoms with Crippen molar-refractivity contribution in [2.45, 2.75) is 38.6 Å². The molecule has 0 atom stereocenters. The van der Waals surface area contributed by atoms with Crippen molar-refractivity contribution in [3.63, 3.8) is 0 Å². The highest BCUT2D eigenvalue weighted by atomic mass is 15.4. The lowest BCUT2D eigenvalue weighted by Crippen LogP contribution is -2.09. The Morgan fingerprint density at radius 3 is 2.88 bits per heavy atom. The molecule has 0 radical (unpaired) electrons. The van der Waals surface area contributed by atoms with Gasteiger partial charge in [-0.25, -0.2) is 0 Å². The van der Waals surface area contributed by atoms with Crippen LogP contribution in [0.1, 0.15) is 43.6 Å². The van der Waals surface area contributed by atoms with E-state index in [1.54, 1.807) is 6.20 Å². The Morgan fingerprint density at radius 2 is 2.12 bits per heavy atom. The van der Waals surface area contributed by atoms with Crippen LogP contribution < -0.4 is 10.6 Å². The molecule has 0 unspecified atom stereocenters. The first kappa shape index (κ1) is 14.9. The minimum absolute atomic E-state index is 0.498. The van der Waals surface area contributed by atoms with Crippen molar-refractivity contribution in [1.29, 1.82) is 0 Å². The fourth-order valence-corrected chi connectivity index (χ4v) is 2.65. The normalized spacial score (nSPS) is 14.0. The average Bonchev–Trinajstić information content (AvgIpc) is 3.38. The average molecular weight is 323 g/mol. The van der Waals surface area contributed by atoms with Crippen molar-refractivity contribution in [2.75, 3.05) is 17.2 Å². The van der Waals surface area contributed by atoms with E-state index in [-0.39, 0.29) is 0 Å². The van der Waals surface area contributed by atoms with E-state index < -0.39 is 0 Å². The Kier molecular flexibility index (Phi) is 3.98. The second kappa shape index (κ2) is 6.43. The molecule has 7 nitrogen and oxygen atoms in total. The zero-order valence-corrected chi connectivity index (χ0v) is 13.7. The van der Waals surface area contributed by atoms with Crippen molar-refractivity contribution in [1.82, 2.24) is 24.8 Å². The number of hydrogen-bond acceptors (Lipinski definition) is 6. The van der Waals surface area contributed by atoms with Gasteiger partial charge < -0.3 is 10.6 Å². The molecule has 24 heavy (non-hydrogen) atoms. The third-order valence-electron chi connectivity index (χ3n) is 4.08. The Hall–Kier alpha value is -2.70. The molecule has 0 aliphatic heterocycles. The lowest BCUT2D eigenvalue weighted by atomic mass is 10.3. The van der Waals surface area contributed by atoms with Crippen LogP contribution in [0.2, 0.25) is 0 Å². The van der Waals surface area contributed by atoms with Gasteiger partial charge in [0, 0.05) is 24.7 Å². The smallest absolute Gasteiger partial charge is 0.201 e. The third-order valence-corrected chi connectivity index (χ3v) is 4.08. The number of rotatable bonds is 7. The largest absolute Gasteiger partial charge is 0.376 e. The summed E-state index contributed by atoms with van der Waals surface area (Å²) >= 11 is 0. The van der Waals surface area contributed by atoms with Gasteiger partial charge in [-0.1, -0.05) is 13.0 Å². The molecule has 3 heterocycles. The maximum atomic E-state index is 4.67. The molecule has 1 aliphatic rings.